The summed E-state index contributed by atoms with van der Waals surface area (Å²) >= 11 is 15.9. The number of rotatable bonds is 6. The number of benzene rings is 5. The molecule has 1 heterocycles. The number of amides is 1. The highest BCUT2D eigenvalue weighted by Gasteiger charge is 2.61. The number of carbonyl (C=O) groups is 2. The summed E-state index contributed by atoms with van der Waals surface area (Å²) in [5.41, 5.74) is 9.26. The molecule has 9 heteroatoms. The fraction of sp³-hybridized carbons (Fsp3) is 0.255. The number of methoxy groups -OCH3 is 1. The molecule has 56 heavy (non-hydrogen) atoms. The lowest BCUT2D eigenvalue weighted by Gasteiger charge is -2.54. The van der Waals surface area contributed by atoms with Gasteiger partial charge in [0.05, 0.1) is 33.4 Å². The molecule has 0 aliphatic heterocycles. The molecule has 0 radical (unpaired) electrons. The summed E-state index contributed by atoms with van der Waals surface area (Å²) in [5, 5.41) is 15.6. The third-order valence-corrected chi connectivity index (χ3v) is 14.5. The highest BCUT2D eigenvalue weighted by molar-refractivity contribution is 7.13. The number of ether oxygens (including phenoxy) is 1. The Labute approximate surface area is 340 Å². The molecule has 4 bridgehead atoms. The van der Waals surface area contributed by atoms with Crippen LogP contribution in [0.15, 0.2) is 127 Å². The highest BCUT2D eigenvalue weighted by Crippen LogP contribution is 2.66. The van der Waals surface area contributed by atoms with E-state index in [0.29, 0.717) is 24.4 Å². The minimum atomic E-state index is -0.871. The van der Waals surface area contributed by atoms with Crippen LogP contribution >= 0.6 is 34.5 Å². The van der Waals surface area contributed by atoms with Crippen LogP contribution in [-0.2, 0) is 25.8 Å². The molecule has 6 aliphatic rings. The third kappa shape index (κ3) is 5.46. The molecule has 2 atom stereocenters. The molecule has 5 aromatic carbocycles. The molecule has 6 aromatic rings. The SMILES string of the molecule is CC1(C(=O)O)CC2(Cl)c3ccccc3C1c1ccccc12.COc1ccc(Cc2csc(NC(=O)C3(C)CC4(Cl)c5ccccc5C3c3ccccc34)n2)cc1. The predicted molar refractivity (Wildman–Crippen MR) is 222 cm³/mol. The van der Waals surface area contributed by atoms with Gasteiger partial charge in [-0.1, -0.05) is 109 Å². The molecule has 2 unspecified atom stereocenters. The van der Waals surface area contributed by atoms with Crippen molar-refractivity contribution in [1.82, 2.24) is 4.98 Å². The predicted octanol–water partition coefficient (Wildman–Crippen LogP) is 10.8. The Morgan fingerprint density at radius 2 is 1.14 bits per heavy atom. The van der Waals surface area contributed by atoms with Crippen LogP contribution in [0, 0.1) is 10.8 Å². The summed E-state index contributed by atoms with van der Waals surface area (Å²) in [6.07, 6.45) is 1.66. The Balaban J connectivity index is 0.000000166. The lowest BCUT2D eigenvalue weighted by atomic mass is 9.52. The van der Waals surface area contributed by atoms with Crippen LogP contribution in [0.2, 0.25) is 0 Å². The minimum Gasteiger partial charge on any atom is -0.497 e. The van der Waals surface area contributed by atoms with Crippen LogP contribution in [0.25, 0.3) is 0 Å². The molecular weight excluding hydrogens is 759 g/mol. The van der Waals surface area contributed by atoms with E-state index < -0.39 is 26.5 Å². The molecule has 1 aromatic heterocycles. The van der Waals surface area contributed by atoms with Gasteiger partial charge in [-0.2, -0.15) is 0 Å². The maximum Gasteiger partial charge on any atom is 0.310 e. The van der Waals surface area contributed by atoms with Crippen LogP contribution in [-0.4, -0.2) is 29.1 Å². The largest absolute Gasteiger partial charge is 0.497 e. The fourth-order valence-electron chi connectivity index (χ4n) is 10.1. The topological polar surface area (TPSA) is 88.5 Å². The molecule has 1 amide bonds. The number of carboxylic acids is 1. The Bertz CT molecular complexity index is 2440. The Morgan fingerprint density at radius 1 is 0.714 bits per heavy atom. The van der Waals surface area contributed by atoms with E-state index >= 15 is 0 Å². The van der Waals surface area contributed by atoms with E-state index in [1.54, 1.807) is 7.11 Å². The van der Waals surface area contributed by atoms with E-state index in [2.05, 4.69) is 29.6 Å². The Morgan fingerprint density at radius 3 is 1.59 bits per heavy atom. The number of nitrogens with zero attached hydrogens (tertiary/aromatic N) is 1. The maximum absolute atomic E-state index is 13.9. The summed E-state index contributed by atoms with van der Waals surface area (Å²) in [6.45, 7) is 3.87. The van der Waals surface area contributed by atoms with Crippen LogP contribution in [0.4, 0.5) is 5.13 Å². The zero-order valence-electron chi connectivity index (χ0n) is 31.2. The van der Waals surface area contributed by atoms with Gasteiger partial charge in [-0.15, -0.1) is 34.5 Å². The molecule has 282 valence electrons. The van der Waals surface area contributed by atoms with Gasteiger partial charge in [0.15, 0.2) is 5.13 Å². The van der Waals surface area contributed by atoms with Crippen LogP contribution in [0.3, 0.4) is 0 Å². The average molecular weight is 800 g/mol. The summed E-state index contributed by atoms with van der Waals surface area (Å²) in [4.78, 5) is 29.1. The van der Waals surface area contributed by atoms with Crippen molar-refractivity contribution in [3.63, 3.8) is 0 Å². The van der Waals surface area contributed by atoms with E-state index in [-0.39, 0.29) is 17.7 Å². The van der Waals surface area contributed by atoms with Crippen molar-refractivity contribution in [2.24, 2.45) is 10.8 Å². The standard InChI is InChI=1S/C29H25ClN2O2S.C18H15ClO2/c1-28(26(33)32-27-31-19(16-35-27)15-18-11-13-20(34-2)14-12-18)17-29(30)23-9-5-3-7-21(23)25(28)22-8-4-6-10-24(22)29;1-17(16(20)21)10-18(19)13-8-4-2-6-11(13)15(17)12-7-3-5-9-14(12)18/h3-14,16,25H,15,17H2,1-2H3,(H,31,32,33);2-9,15H,10H2,1H3,(H,20,21). The summed E-state index contributed by atoms with van der Waals surface area (Å²) < 4.78 is 5.24. The molecule has 2 N–H and O–H groups in total. The van der Waals surface area contributed by atoms with Crippen LogP contribution < -0.4 is 10.1 Å². The van der Waals surface area contributed by atoms with Crippen molar-refractivity contribution in [2.75, 3.05) is 12.4 Å². The van der Waals surface area contributed by atoms with Gasteiger partial charge < -0.3 is 15.2 Å². The molecular formula is C47H40Cl2N2O4S. The van der Waals surface area contributed by atoms with E-state index in [1.807, 2.05) is 116 Å². The quantitative estimate of drug-likeness (QED) is 0.164. The highest BCUT2D eigenvalue weighted by atomic mass is 35.5. The number of halogens is 2. The van der Waals surface area contributed by atoms with Gasteiger partial charge in [-0.05, 0) is 88.9 Å². The number of thiazole rings is 1. The van der Waals surface area contributed by atoms with Gasteiger partial charge in [0.2, 0.25) is 5.91 Å². The van der Waals surface area contributed by atoms with Crippen LogP contribution in [0.5, 0.6) is 5.75 Å². The Hall–Kier alpha value is -4.95. The number of carbonyl (C=O) groups excluding carboxylic acids is 1. The van der Waals surface area contributed by atoms with Crippen LogP contribution in [0.1, 0.15) is 94.3 Å². The molecule has 0 saturated heterocycles. The number of nitrogens with one attached hydrogen (secondary N) is 1. The number of hydrogen-bond donors (Lipinski definition) is 2. The second kappa shape index (κ2) is 13.3. The zero-order valence-corrected chi connectivity index (χ0v) is 33.5. The van der Waals surface area contributed by atoms with E-state index in [4.69, 9.17) is 32.9 Å². The number of aromatic nitrogens is 1. The average Bonchev–Trinajstić information content (AvgIpc) is 3.65. The number of aliphatic carboxylic acids is 1. The first-order chi connectivity index (χ1) is 26.9. The number of hydrogen-bond acceptors (Lipinski definition) is 5. The number of fused-ring (bicyclic) bond motifs is 2. The minimum absolute atomic E-state index is 0.0399. The maximum atomic E-state index is 13.9. The lowest BCUT2D eigenvalue weighted by molar-refractivity contribution is -0.150. The van der Waals surface area contributed by atoms with Crippen molar-refractivity contribution in [3.8, 4) is 5.75 Å². The first-order valence-corrected chi connectivity index (χ1v) is 20.4. The fourth-order valence-corrected chi connectivity index (χ4v) is 12.0. The van der Waals surface area contributed by atoms with Crippen molar-refractivity contribution < 1.29 is 19.4 Å². The second-order valence-corrected chi connectivity index (χ2v) is 18.1. The molecule has 6 aliphatic carbocycles. The number of carboxylic acid groups (broad SMARTS) is 1. The molecule has 12 rings (SSSR count). The van der Waals surface area contributed by atoms with Crippen molar-refractivity contribution in [2.45, 2.75) is 54.7 Å². The first kappa shape index (κ1) is 36.7. The molecule has 0 fully saturated rings. The monoisotopic (exact) mass is 798 g/mol. The molecule has 6 nitrogen and oxygen atoms in total. The molecule has 0 saturated carbocycles. The Kier molecular flexibility index (Phi) is 8.73. The van der Waals surface area contributed by atoms with Crippen molar-refractivity contribution in [1.29, 1.82) is 0 Å². The number of anilines is 1. The van der Waals surface area contributed by atoms with E-state index in [9.17, 15) is 14.7 Å². The zero-order chi connectivity index (χ0) is 39.0. The normalized spacial score (nSPS) is 27.1. The van der Waals surface area contributed by atoms with E-state index in [0.717, 1.165) is 61.5 Å². The summed E-state index contributed by atoms with van der Waals surface area (Å²) in [6, 6.07) is 40.5. The van der Waals surface area contributed by atoms with Gasteiger partial charge in [-0.25, -0.2) is 4.98 Å². The smallest absolute Gasteiger partial charge is 0.310 e. The summed E-state index contributed by atoms with van der Waals surface area (Å²) in [7, 11) is 1.66. The van der Waals surface area contributed by atoms with Gasteiger partial charge in [0.1, 0.15) is 5.75 Å². The van der Waals surface area contributed by atoms with Crippen molar-refractivity contribution >= 4 is 51.5 Å². The van der Waals surface area contributed by atoms with E-state index in [1.165, 1.54) is 11.3 Å². The molecule has 0 spiro atoms. The summed E-state index contributed by atoms with van der Waals surface area (Å²) in [5.74, 6) is -0.184. The third-order valence-electron chi connectivity index (χ3n) is 12.6. The first-order valence-electron chi connectivity index (χ1n) is 18.8. The second-order valence-electron chi connectivity index (χ2n) is 15.9. The number of alkyl halides is 2. The van der Waals surface area contributed by atoms with Gasteiger partial charge in [-0.3, -0.25) is 9.59 Å². The van der Waals surface area contributed by atoms with Gasteiger partial charge in [0.25, 0.3) is 0 Å². The lowest BCUT2D eigenvalue weighted by Crippen LogP contribution is -2.52. The van der Waals surface area contributed by atoms with Gasteiger partial charge in [0, 0.05) is 23.6 Å². The van der Waals surface area contributed by atoms with Gasteiger partial charge >= 0.3 is 5.97 Å². The van der Waals surface area contributed by atoms with Crippen molar-refractivity contribution in [3.05, 3.63) is 182 Å².